The summed E-state index contributed by atoms with van der Waals surface area (Å²) < 4.78 is 19.2. The minimum atomic E-state index is -0.131. The normalized spacial score (nSPS) is 10.9. The number of ether oxygens (including phenoxy) is 1. The molecular formula is C19H24FNO. The van der Waals surface area contributed by atoms with Crippen LogP contribution in [-0.2, 0) is 13.0 Å². The van der Waals surface area contributed by atoms with Crippen molar-refractivity contribution in [2.45, 2.75) is 26.8 Å². The van der Waals surface area contributed by atoms with Crippen molar-refractivity contribution in [3.8, 4) is 5.75 Å². The van der Waals surface area contributed by atoms with Crippen LogP contribution in [0.4, 0.5) is 4.39 Å². The number of hydrogen-bond donors (Lipinski definition) is 1. The lowest BCUT2D eigenvalue weighted by Crippen LogP contribution is -2.17. The van der Waals surface area contributed by atoms with Gasteiger partial charge in [0.25, 0.3) is 0 Å². The van der Waals surface area contributed by atoms with Gasteiger partial charge in [-0.15, -0.1) is 0 Å². The second-order valence-electron chi connectivity index (χ2n) is 5.87. The Morgan fingerprint density at radius 1 is 1.09 bits per heavy atom. The molecule has 0 radical (unpaired) electrons. The van der Waals surface area contributed by atoms with Crippen LogP contribution in [0.3, 0.4) is 0 Å². The molecule has 0 bridgehead atoms. The van der Waals surface area contributed by atoms with Crippen molar-refractivity contribution < 1.29 is 9.13 Å². The summed E-state index contributed by atoms with van der Waals surface area (Å²) in [7, 11) is 0. The predicted octanol–water partition coefficient (Wildman–Crippen LogP) is 4.19. The highest BCUT2D eigenvalue weighted by Gasteiger charge is 2.01. The number of benzene rings is 2. The summed E-state index contributed by atoms with van der Waals surface area (Å²) in [6.45, 7) is 6.50. The molecule has 0 saturated carbocycles. The fourth-order valence-corrected chi connectivity index (χ4v) is 2.17. The molecule has 1 N–H and O–H groups in total. The van der Waals surface area contributed by atoms with E-state index in [1.807, 2.05) is 24.3 Å². The molecule has 3 heteroatoms. The topological polar surface area (TPSA) is 21.3 Å². The molecule has 0 amide bonds. The second-order valence-corrected chi connectivity index (χ2v) is 5.87. The van der Waals surface area contributed by atoms with Gasteiger partial charge < -0.3 is 10.1 Å². The molecule has 0 aromatic heterocycles. The summed E-state index contributed by atoms with van der Waals surface area (Å²) in [5.41, 5.74) is 1.93. The first-order valence-corrected chi connectivity index (χ1v) is 7.81. The smallest absolute Gasteiger partial charge is 0.126 e. The SMILES string of the molecule is CC(C)COc1cccc(CNCCc2ccccc2F)c1. The van der Waals surface area contributed by atoms with Crippen LogP contribution < -0.4 is 10.1 Å². The number of nitrogens with one attached hydrogen (secondary N) is 1. The second kappa shape index (κ2) is 8.54. The van der Waals surface area contributed by atoms with Gasteiger partial charge in [0.05, 0.1) is 6.61 Å². The van der Waals surface area contributed by atoms with Crippen LogP contribution in [-0.4, -0.2) is 13.2 Å². The molecule has 0 aliphatic heterocycles. The van der Waals surface area contributed by atoms with E-state index >= 15 is 0 Å². The molecule has 0 fully saturated rings. The van der Waals surface area contributed by atoms with Crippen molar-refractivity contribution in [2.75, 3.05) is 13.2 Å². The maximum Gasteiger partial charge on any atom is 0.126 e. The van der Waals surface area contributed by atoms with Gasteiger partial charge in [0.15, 0.2) is 0 Å². The van der Waals surface area contributed by atoms with Crippen molar-refractivity contribution in [3.05, 3.63) is 65.5 Å². The molecule has 2 nitrogen and oxygen atoms in total. The fourth-order valence-electron chi connectivity index (χ4n) is 2.17. The van der Waals surface area contributed by atoms with E-state index in [9.17, 15) is 4.39 Å². The summed E-state index contributed by atoms with van der Waals surface area (Å²) in [6.07, 6.45) is 0.691. The third kappa shape index (κ3) is 5.49. The Balaban J connectivity index is 1.77. The van der Waals surface area contributed by atoms with E-state index in [1.54, 1.807) is 6.07 Å². The lowest BCUT2D eigenvalue weighted by atomic mass is 10.1. The molecular weight excluding hydrogens is 277 g/mol. The average molecular weight is 301 g/mol. The highest BCUT2D eigenvalue weighted by atomic mass is 19.1. The largest absolute Gasteiger partial charge is 0.493 e. The maximum atomic E-state index is 13.5. The first-order chi connectivity index (χ1) is 10.6. The predicted molar refractivity (Wildman–Crippen MR) is 88.6 cm³/mol. The zero-order valence-corrected chi connectivity index (χ0v) is 13.3. The third-order valence-electron chi connectivity index (χ3n) is 3.34. The molecule has 0 spiro atoms. The lowest BCUT2D eigenvalue weighted by molar-refractivity contribution is 0.271. The summed E-state index contributed by atoms with van der Waals surface area (Å²) in [4.78, 5) is 0. The molecule has 2 aromatic carbocycles. The van der Waals surface area contributed by atoms with Crippen molar-refractivity contribution in [3.63, 3.8) is 0 Å². The highest BCUT2D eigenvalue weighted by molar-refractivity contribution is 5.28. The Hall–Kier alpha value is -1.87. The van der Waals surface area contributed by atoms with Crippen LogP contribution in [0.25, 0.3) is 0 Å². The summed E-state index contributed by atoms with van der Waals surface area (Å²) in [5, 5.41) is 3.35. The van der Waals surface area contributed by atoms with E-state index in [1.165, 1.54) is 11.6 Å². The molecule has 0 unspecified atom stereocenters. The summed E-state index contributed by atoms with van der Waals surface area (Å²) in [6, 6.07) is 15.0. The Morgan fingerprint density at radius 3 is 2.68 bits per heavy atom. The molecule has 22 heavy (non-hydrogen) atoms. The van der Waals surface area contributed by atoms with Crippen molar-refractivity contribution in [1.82, 2.24) is 5.32 Å². The van der Waals surface area contributed by atoms with Gasteiger partial charge in [-0.3, -0.25) is 0 Å². The van der Waals surface area contributed by atoms with Gasteiger partial charge in [-0.1, -0.05) is 44.2 Å². The van der Waals surface area contributed by atoms with Gasteiger partial charge in [0, 0.05) is 6.54 Å². The van der Waals surface area contributed by atoms with Gasteiger partial charge in [-0.2, -0.15) is 0 Å². The third-order valence-corrected chi connectivity index (χ3v) is 3.34. The number of rotatable bonds is 8. The minimum absolute atomic E-state index is 0.131. The van der Waals surface area contributed by atoms with E-state index in [4.69, 9.17) is 4.74 Å². The summed E-state index contributed by atoms with van der Waals surface area (Å²) >= 11 is 0. The van der Waals surface area contributed by atoms with E-state index in [2.05, 4.69) is 31.3 Å². The quantitative estimate of drug-likeness (QED) is 0.738. The van der Waals surface area contributed by atoms with Crippen molar-refractivity contribution in [2.24, 2.45) is 5.92 Å². The first kappa shape index (κ1) is 16.5. The van der Waals surface area contributed by atoms with Crippen molar-refractivity contribution >= 4 is 0 Å². The maximum absolute atomic E-state index is 13.5. The van der Waals surface area contributed by atoms with Crippen LogP contribution in [0.2, 0.25) is 0 Å². The average Bonchev–Trinajstić information content (AvgIpc) is 2.51. The molecule has 0 heterocycles. The van der Waals surface area contributed by atoms with Crippen LogP contribution >= 0.6 is 0 Å². The van der Waals surface area contributed by atoms with Crippen molar-refractivity contribution in [1.29, 1.82) is 0 Å². The molecule has 118 valence electrons. The Labute approximate surface area is 132 Å². The Morgan fingerprint density at radius 2 is 1.91 bits per heavy atom. The lowest BCUT2D eigenvalue weighted by Gasteiger charge is -2.10. The molecule has 2 rings (SSSR count). The fraction of sp³-hybridized carbons (Fsp3) is 0.368. The van der Waals surface area contributed by atoms with E-state index in [-0.39, 0.29) is 5.82 Å². The number of hydrogen-bond acceptors (Lipinski definition) is 2. The minimum Gasteiger partial charge on any atom is -0.493 e. The molecule has 0 aliphatic carbocycles. The van der Waals surface area contributed by atoms with Crippen LogP contribution in [0.1, 0.15) is 25.0 Å². The van der Waals surface area contributed by atoms with E-state index in [0.29, 0.717) is 12.3 Å². The standard InChI is InChI=1S/C19H24FNO/c1-15(2)14-22-18-8-5-6-16(12-18)13-21-11-10-17-7-3-4-9-19(17)20/h3-9,12,15,21H,10-11,13-14H2,1-2H3. The van der Waals surface area contributed by atoms with Gasteiger partial charge in [-0.25, -0.2) is 4.39 Å². The molecule has 0 saturated heterocycles. The highest BCUT2D eigenvalue weighted by Crippen LogP contribution is 2.14. The molecule has 0 atom stereocenters. The number of halogens is 1. The van der Waals surface area contributed by atoms with Gasteiger partial charge >= 0.3 is 0 Å². The van der Waals surface area contributed by atoms with Crippen LogP contribution in [0, 0.1) is 11.7 Å². The van der Waals surface area contributed by atoms with Crippen LogP contribution in [0.5, 0.6) is 5.75 Å². The Bertz CT molecular complexity index is 583. The van der Waals surface area contributed by atoms with Gasteiger partial charge in [0.2, 0.25) is 0 Å². The zero-order valence-electron chi connectivity index (χ0n) is 13.3. The van der Waals surface area contributed by atoms with E-state index in [0.717, 1.165) is 31.0 Å². The monoisotopic (exact) mass is 301 g/mol. The Kier molecular flexibility index (Phi) is 6.41. The van der Waals surface area contributed by atoms with E-state index < -0.39 is 0 Å². The molecule has 2 aromatic rings. The van der Waals surface area contributed by atoms with Crippen LogP contribution in [0.15, 0.2) is 48.5 Å². The summed E-state index contributed by atoms with van der Waals surface area (Å²) in [5.74, 6) is 1.29. The van der Waals surface area contributed by atoms with Gasteiger partial charge in [-0.05, 0) is 48.2 Å². The molecule has 0 aliphatic rings. The van der Waals surface area contributed by atoms with Gasteiger partial charge in [0.1, 0.15) is 11.6 Å². The zero-order chi connectivity index (χ0) is 15.8. The first-order valence-electron chi connectivity index (χ1n) is 7.81.